The molecule has 0 aliphatic rings. The summed E-state index contributed by atoms with van der Waals surface area (Å²) in [6, 6.07) is 2.95. The summed E-state index contributed by atoms with van der Waals surface area (Å²) in [5.74, 6) is -2.96. The van der Waals surface area contributed by atoms with Gasteiger partial charge in [-0.05, 0) is 24.6 Å². The van der Waals surface area contributed by atoms with Gasteiger partial charge in [0.05, 0.1) is 5.56 Å². The van der Waals surface area contributed by atoms with Crippen LogP contribution in [0.4, 0.5) is 0 Å². The van der Waals surface area contributed by atoms with Crippen molar-refractivity contribution in [3.8, 4) is 5.75 Å². The van der Waals surface area contributed by atoms with Crippen molar-refractivity contribution in [3.05, 3.63) is 28.2 Å². The van der Waals surface area contributed by atoms with Gasteiger partial charge in [0, 0.05) is 10.9 Å². The maximum absolute atomic E-state index is 11.9. The van der Waals surface area contributed by atoms with Crippen molar-refractivity contribution in [2.75, 3.05) is 0 Å². The summed E-state index contributed by atoms with van der Waals surface area (Å²) in [6.07, 6.45) is -0.280. The van der Waals surface area contributed by atoms with E-state index in [1.165, 1.54) is 18.2 Å². The fourth-order valence-electron chi connectivity index (χ4n) is 1.48. The van der Waals surface area contributed by atoms with Crippen LogP contribution in [0.15, 0.2) is 22.7 Å². The molecule has 1 unspecified atom stereocenters. The molecule has 0 spiro atoms. The molecule has 20 heavy (non-hydrogen) atoms. The van der Waals surface area contributed by atoms with E-state index in [0.717, 1.165) is 0 Å². The number of nitrogens with two attached hydrogens (primary N) is 1. The number of carboxylic acid groups (broad SMARTS) is 1. The largest absolute Gasteiger partial charge is 0.507 e. The number of rotatable bonds is 6. The molecule has 1 rings (SSSR count). The zero-order valence-corrected chi connectivity index (χ0v) is 11.9. The van der Waals surface area contributed by atoms with Gasteiger partial charge in [-0.1, -0.05) is 15.9 Å². The summed E-state index contributed by atoms with van der Waals surface area (Å²) in [5, 5.41) is 20.8. The quantitative estimate of drug-likeness (QED) is 0.600. The van der Waals surface area contributed by atoms with Crippen molar-refractivity contribution in [1.29, 1.82) is 0 Å². The summed E-state index contributed by atoms with van der Waals surface area (Å²) in [7, 11) is 0. The molecule has 0 bridgehead atoms. The van der Waals surface area contributed by atoms with Crippen molar-refractivity contribution < 1.29 is 24.6 Å². The summed E-state index contributed by atoms with van der Waals surface area (Å²) in [5.41, 5.74) is 4.88. The Bertz CT molecular complexity index is 547. The first kappa shape index (κ1) is 16.0. The summed E-state index contributed by atoms with van der Waals surface area (Å²) in [6.45, 7) is 0. The number of carbonyl (C=O) groups excluding carboxylic acids is 2. The van der Waals surface area contributed by atoms with E-state index in [-0.39, 0.29) is 24.2 Å². The molecule has 0 aromatic heterocycles. The molecule has 1 atom stereocenters. The third-order valence-electron chi connectivity index (χ3n) is 2.49. The second-order valence-corrected chi connectivity index (χ2v) is 4.95. The van der Waals surface area contributed by atoms with Crippen LogP contribution in [0.3, 0.4) is 0 Å². The lowest BCUT2D eigenvalue weighted by atomic mass is 10.1. The minimum absolute atomic E-state index is 0.0569. The molecule has 1 aromatic carbocycles. The molecule has 0 saturated carbocycles. The molecule has 0 fully saturated rings. The molecular formula is C12H13BrN2O5. The van der Waals surface area contributed by atoms with Crippen molar-refractivity contribution in [2.45, 2.75) is 18.9 Å². The molecule has 8 heteroatoms. The molecule has 0 heterocycles. The number of primary amides is 1. The van der Waals surface area contributed by atoms with E-state index < -0.39 is 23.8 Å². The predicted octanol–water partition coefficient (Wildman–Crippen LogP) is 0.603. The van der Waals surface area contributed by atoms with Crippen LogP contribution in [0.25, 0.3) is 0 Å². The number of amides is 2. The van der Waals surface area contributed by atoms with E-state index in [4.69, 9.17) is 10.8 Å². The number of benzene rings is 1. The highest BCUT2D eigenvalue weighted by molar-refractivity contribution is 9.10. The molecule has 5 N–H and O–H groups in total. The molecule has 2 amide bonds. The van der Waals surface area contributed by atoms with Crippen molar-refractivity contribution >= 4 is 33.7 Å². The van der Waals surface area contributed by atoms with Crippen LogP contribution in [0.2, 0.25) is 0 Å². The molecule has 0 radical (unpaired) electrons. The van der Waals surface area contributed by atoms with Crippen LogP contribution in [-0.2, 0) is 9.59 Å². The molecule has 0 aliphatic heterocycles. The smallest absolute Gasteiger partial charge is 0.326 e. The van der Waals surface area contributed by atoms with E-state index in [0.29, 0.717) is 4.47 Å². The standard InChI is InChI=1S/C12H13BrN2O5/c13-6-1-2-7(9(16)5-6)11(18)15-8(12(19)20)3-4-10(14)17/h1-2,5,8,16H,3-4H2,(H2,14,17)(H,15,18)(H,19,20). The topological polar surface area (TPSA) is 130 Å². The number of aromatic hydroxyl groups is 1. The average Bonchev–Trinajstić information content (AvgIpc) is 2.33. The zero-order valence-electron chi connectivity index (χ0n) is 10.3. The number of halogens is 1. The highest BCUT2D eigenvalue weighted by atomic mass is 79.9. The van der Waals surface area contributed by atoms with Crippen molar-refractivity contribution in [3.63, 3.8) is 0 Å². The second kappa shape index (κ2) is 6.90. The van der Waals surface area contributed by atoms with Gasteiger partial charge in [-0.25, -0.2) is 4.79 Å². The third kappa shape index (κ3) is 4.54. The Hall–Kier alpha value is -2.09. The Morgan fingerprint density at radius 3 is 2.50 bits per heavy atom. The number of carbonyl (C=O) groups is 3. The number of nitrogens with one attached hydrogen (secondary N) is 1. The van der Waals surface area contributed by atoms with Gasteiger partial charge in [-0.3, -0.25) is 9.59 Å². The van der Waals surface area contributed by atoms with Crippen LogP contribution in [0.1, 0.15) is 23.2 Å². The fraction of sp³-hybridized carbons (Fsp3) is 0.250. The maximum Gasteiger partial charge on any atom is 0.326 e. The first-order valence-electron chi connectivity index (χ1n) is 5.61. The Morgan fingerprint density at radius 2 is 2.00 bits per heavy atom. The first-order chi connectivity index (χ1) is 9.31. The van der Waals surface area contributed by atoms with Gasteiger partial charge in [0.25, 0.3) is 5.91 Å². The van der Waals surface area contributed by atoms with E-state index in [1.54, 1.807) is 0 Å². The number of phenolic OH excluding ortho intramolecular Hbond substituents is 1. The maximum atomic E-state index is 11.9. The van der Waals surface area contributed by atoms with Crippen LogP contribution >= 0.6 is 15.9 Å². The number of hydrogen-bond acceptors (Lipinski definition) is 4. The number of phenols is 1. The van der Waals surface area contributed by atoms with Crippen LogP contribution in [0.5, 0.6) is 5.75 Å². The monoisotopic (exact) mass is 344 g/mol. The van der Waals surface area contributed by atoms with E-state index in [1.807, 2.05) is 0 Å². The summed E-state index contributed by atoms with van der Waals surface area (Å²) < 4.78 is 0.579. The lowest BCUT2D eigenvalue weighted by Crippen LogP contribution is -2.41. The van der Waals surface area contributed by atoms with Gasteiger partial charge in [0.2, 0.25) is 5.91 Å². The highest BCUT2D eigenvalue weighted by Crippen LogP contribution is 2.22. The van der Waals surface area contributed by atoms with Gasteiger partial charge in [-0.2, -0.15) is 0 Å². The van der Waals surface area contributed by atoms with Gasteiger partial charge in [0.15, 0.2) is 0 Å². The molecule has 0 aliphatic carbocycles. The SMILES string of the molecule is NC(=O)CCC(NC(=O)c1ccc(Br)cc1O)C(=O)O. The van der Waals surface area contributed by atoms with Crippen LogP contribution < -0.4 is 11.1 Å². The normalized spacial score (nSPS) is 11.7. The second-order valence-electron chi connectivity index (χ2n) is 4.03. The Labute approximate surface area is 122 Å². The average molecular weight is 345 g/mol. The first-order valence-corrected chi connectivity index (χ1v) is 6.41. The van der Waals surface area contributed by atoms with E-state index in [9.17, 15) is 19.5 Å². The van der Waals surface area contributed by atoms with Crippen LogP contribution in [-0.4, -0.2) is 34.0 Å². The highest BCUT2D eigenvalue weighted by Gasteiger charge is 2.22. The number of carboxylic acids is 1. The van der Waals surface area contributed by atoms with Gasteiger partial charge in [-0.15, -0.1) is 0 Å². The Kier molecular flexibility index (Phi) is 5.51. The van der Waals surface area contributed by atoms with E-state index in [2.05, 4.69) is 21.2 Å². The lowest BCUT2D eigenvalue weighted by molar-refractivity contribution is -0.139. The van der Waals surface area contributed by atoms with Crippen LogP contribution in [0, 0.1) is 0 Å². The summed E-state index contributed by atoms with van der Waals surface area (Å²) in [4.78, 5) is 33.5. The molecule has 108 valence electrons. The zero-order chi connectivity index (χ0) is 15.3. The molecule has 7 nitrogen and oxygen atoms in total. The minimum atomic E-state index is -1.28. The Balaban J connectivity index is 2.80. The number of aliphatic carboxylic acids is 1. The van der Waals surface area contributed by atoms with Crippen molar-refractivity contribution in [2.24, 2.45) is 5.73 Å². The minimum Gasteiger partial charge on any atom is -0.507 e. The molecule has 0 saturated heterocycles. The predicted molar refractivity (Wildman–Crippen MR) is 73.1 cm³/mol. The number of hydrogen-bond donors (Lipinski definition) is 4. The van der Waals surface area contributed by atoms with Gasteiger partial charge >= 0.3 is 5.97 Å². The molecule has 1 aromatic rings. The lowest BCUT2D eigenvalue weighted by Gasteiger charge is -2.14. The van der Waals surface area contributed by atoms with Gasteiger partial charge in [0.1, 0.15) is 11.8 Å². The van der Waals surface area contributed by atoms with Crippen molar-refractivity contribution in [1.82, 2.24) is 5.32 Å². The summed E-state index contributed by atoms with van der Waals surface area (Å²) >= 11 is 3.12. The fourth-order valence-corrected chi connectivity index (χ4v) is 1.83. The van der Waals surface area contributed by atoms with Gasteiger partial charge < -0.3 is 21.3 Å². The molecular weight excluding hydrogens is 332 g/mol. The third-order valence-corrected chi connectivity index (χ3v) is 2.98. The Morgan fingerprint density at radius 1 is 1.35 bits per heavy atom. The van der Waals surface area contributed by atoms with E-state index >= 15 is 0 Å².